The lowest BCUT2D eigenvalue weighted by Crippen LogP contribution is -2.17. The van der Waals surface area contributed by atoms with E-state index in [0.717, 1.165) is 0 Å². The molecule has 0 atom stereocenters. The second kappa shape index (κ2) is 6.92. The highest BCUT2D eigenvalue weighted by atomic mass is 35.5. The van der Waals surface area contributed by atoms with Gasteiger partial charge in [-0.2, -0.15) is 5.26 Å². The number of nitrogen functional groups attached to an aromatic ring is 1. The molecule has 1 aromatic heterocycles. The average Bonchev–Trinajstić information content (AvgIpc) is 2.48. The van der Waals surface area contributed by atoms with Gasteiger partial charge < -0.3 is 11.1 Å². The van der Waals surface area contributed by atoms with Crippen LogP contribution in [0, 0.1) is 11.3 Å². The van der Waals surface area contributed by atoms with Gasteiger partial charge in [0.1, 0.15) is 12.3 Å². The number of halogens is 1. The third kappa shape index (κ3) is 4.08. The number of anilines is 2. The number of carbonyl (C=O) groups is 1. The lowest BCUT2D eigenvalue weighted by Gasteiger charge is -2.05. The minimum Gasteiger partial charge on any atom is -0.362 e. The minimum atomic E-state index is -0.216. The Morgan fingerprint density at radius 1 is 1.52 bits per heavy atom. The summed E-state index contributed by atoms with van der Waals surface area (Å²) in [6.45, 7) is 0. The van der Waals surface area contributed by atoms with Crippen LogP contribution in [0.15, 0.2) is 35.6 Å². The fourth-order valence-electron chi connectivity index (χ4n) is 1.46. The maximum atomic E-state index is 11.8. The summed E-state index contributed by atoms with van der Waals surface area (Å²) in [5.74, 6) is 0.0524. The predicted molar refractivity (Wildman–Crippen MR) is 80.7 cm³/mol. The van der Waals surface area contributed by atoms with Crippen molar-refractivity contribution in [2.45, 2.75) is 5.16 Å². The number of nitriles is 1. The van der Waals surface area contributed by atoms with Crippen molar-refractivity contribution in [3.8, 4) is 6.07 Å². The molecule has 2 aromatic rings. The number of aromatic nitrogens is 2. The van der Waals surface area contributed by atoms with Crippen LogP contribution in [0.2, 0.25) is 5.02 Å². The quantitative estimate of drug-likeness (QED) is 0.659. The Morgan fingerprint density at radius 2 is 2.29 bits per heavy atom. The van der Waals surface area contributed by atoms with Gasteiger partial charge in [-0.15, -0.1) is 0 Å². The Bertz CT molecular complexity index is 716. The molecule has 8 heteroatoms. The van der Waals surface area contributed by atoms with E-state index in [1.807, 2.05) is 6.07 Å². The van der Waals surface area contributed by atoms with Crippen molar-refractivity contribution in [2.75, 3.05) is 16.8 Å². The lowest BCUT2D eigenvalue weighted by molar-refractivity contribution is -0.433. The number of nitrogens with two attached hydrogens (primary N) is 1. The standard InChI is InChI=1S/C13H10ClN5OS/c14-9-3-1-2-4-10(9)18-11(20)7-21-13-17-6-8(5-15)12(16)19-13/h1-4,6H,7H2,(H,18,20)(H2,16,17,19)/p+1. The number of benzene rings is 1. The summed E-state index contributed by atoms with van der Waals surface area (Å²) in [5, 5.41) is 12.4. The van der Waals surface area contributed by atoms with Crippen molar-refractivity contribution in [1.29, 1.82) is 5.26 Å². The van der Waals surface area contributed by atoms with Crippen molar-refractivity contribution in [2.24, 2.45) is 0 Å². The van der Waals surface area contributed by atoms with Gasteiger partial charge in [-0.05, 0) is 28.9 Å². The first kappa shape index (κ1) is 15.1. The summed E-state index contributed by atoms with van der Waals surface area (Å²) in [6, 6.07) is 8.88. The number of carbonyl (C=O) groups excluding carboxylic acids is 1. The maximum absolute atomic E-state index is 11.8. The zero-order chi connectivity index (χ0) is 15.2. The summed E-state index contributed by atoms with van der Waals surface area (Å²) in [6.07, 6.45) is 1.45. The van der Waals surface area contributed by atoms with Gasteiger partial charge in [-0.3, -0.25) is 4.79 Å². The van der Waals surface area contributed by atoms with E-state index in [-0.39, 0.29) is 23.0 Å². The third-order valence-corrected chi connectivity index (χ3v) is 3.67. The molecule has 0 saturated heterocycles. The molecule has 2 rings (SSSR count). The van der Waals surface area contributed by atoms with Crippen molar-refractivity contribution < 1.29 is 9.78 Å². The molecule has 0 spiro atoms. The van der Waals surface area contributed by atoms with Gasteiger partial charge in [-0.25, -0.2) is 4.98 Å². The van der Waals surface area contributed by atoms with Gasteiger partial charge in [-0.1, -0.05) is 23.7 Å². The van der Waals surface area contributed by atoms with E-state index in [1.165, 1.54) is 18.0 Å². The summed E-state index contributed by atoms with van der Waals surface area (Å²) in [5.41, 5.74) is 6.42. The van der Waals surface area contributed by atoms with Crippen LogP contribution in [0.4, 0.5) is 11.5 Å². The number of hydrogen-bond donors (Lipinski definition) is 2. The summed E-state index contributed by atoms with van der Waals surface area (Å²) < 4.78 is 0. The first-order valence-electron chi connectivity index (χ1n) is 5.85. The number of hydrogen-bond acceptors (Lipinski definition) is 5. The van der Waals surface area contributed by atoms with E-state index in [2.05, 4.69) is 15.3 Å². The summed E-state index contributed by atoms with van der Waals surface area (Å²) in [4.78, 5) is 18.6. The summed E-state index contributed by atoms with van der Waals surface area (Å²) in [7, 11) is 0. The van der Waals surface area contributed by atoms with E-state index >= 15 is 0 Å². The molecule has 0 aliphatic heterocycles. The van der Waals surface area contributed by atoms with Crippen molar-refractivity contribution in [3.05, 3.63) is 41.0 Å². The van der Waals surface area contributed by atoms with E-state index in [9.17, 15) is 4.79 Å². The molecule has 0 aliphatic rings. The second-order valence-corrected chi connectivity index (χ2v) is 5.30. The maximum Gasteiger partial charge on any atom is 0.359 e. The fraction of sp³-hybridized carbons (Fsp3) is 0.0769. The highest BCUT2D eigenvalue weighted by Gasteiger charge is 2.15. The molecule has 1 amide bonds. The fourth-order valence-corrected chi connectivity index (χ4v) is 2.28. The van der Waals surface area contributed by atoms with Gasteiger partial charge in [0.15, 0.2) is 5.56 Å². The molecule has 4 N–H and O–H groups in total. The van der Waals surface area contributed by atoms with Crippen LogP contribution < -0.4 is 16.0 Å². The molecule has 0 bridgehead atoms. The first-order chi connectivity index (χ1) is 10.1. The second-order valence-electron chi connectivity index (χ2n) is 3.93. The molecule has 0 saturated carbocycles. The van der Waals surface area contributed by atoms with Gasteiger partial charge in [0.2, 0.25) is 5.91 Å². The Hall–Kier alpha value is -2.30. The Morgan fingerprint density at radius 3 is 2.95 bits per heavy atom. The van der Waals surface area contributed by atoms with E-state index in [0.29, 0.717) is 15.9 Å². The summed E-state index contributed by atoms with van der Waals surface area (Å²) >= 11 is 7.13. The van der Waals surface area contributed by atoms with Crippen molar-refractivity contribution in [3.63, 3.8) is 0 Å². The number of rotatable bonds is 4. The van der Waals surface area contributed by atoms with Crippen LogP contribution in [0.5, 0.6) is 0 Å². The largest absolute Gasteiger partial charge is 0.362 e. The molecule has 106 valence electrons. The predicted octanol–water partition coefficient (Wildman–Crippen LogP) is 1.73. The SMILES string of the molecule is N#Cc1c[nH+]c(SCC(=O)Nc2ccccc2Cl)nc1N. The smallest absolute Gasteiger partial charge is 0.359 e. The number of H-pyrrole nitrogens is 1. The van der Waals surface area contributed by atoms with E-state index < -0.39 is 0 Å². The van der Waals surface area contributed by atoms with Crippen LogP contribution in [-0.4, -0.2) is 16.6 Å². The molecule has 6 nitrogen and oxygen atoms in total. The number of para-hydroxylation sites is 1. The van der Waals surface area contributed by atoms with Gasteiger partial charge >= 0.3 is 5.16 Å². The zero-order valence-electron chi connectivity index (χ0n) is 10.8. The zero-order valence-corrected chi connectivity index (χ0v) is 12.3. The monoisotopic (exact) mass is 320 g/mol. The molecule has 0 fully saturated rings. The number of amides is 1. The number of nitrogens with zero attached hydrogens (tertiary/aromatic N) is 2. The van der Waals surface area contributed by atoms with Crippen molar-refractivity contribution in [1.82, 2.24) is 4.98 Å². The molecule has 1 aromatic carbocycles. The molecular formula is C13H11ClN5OS+. The van der Waals surface area contributed by atoms with Gasteiger partial charge in [0, 0.05) is 0 Å². The molecule has 21 heavy (non-hydrogen) atoms. The number of thioether (sulfide) groups is 1. The van der Waals surface area contributed by atoms with Crippen LogP contribution >= 0.6 is 23.4 Å². The minimum absolute atomic E-state index is 0.130. The number of nitrogens with one attached hydrogen (secondary N) is 2. The van der Waals surface area contributed by atoms with Crippen LogP contribution in [0.25, 0.3) is 0 Å². The Balaban J connectivity index is 1.94. The van der Waals surface area contributed by atoms with Crippen LogP contribution in [-0.2, 0) is 4.79 Å². The topological polar surface area (TPSA) is 106 Å². The first-order valence-corrected chi connectivity index (χ1v) is 7.22. The molecule has 0 unspecified atom stereocenters. The average molecular weight is 321 g/mol. The normalized spacial score (nSPS) is 9.90. The van der Waals surface area contributed by atoms with Gasteiger partial charge in [0.05, 0.1) is 16.5 Å². The third-order valence-electron chi connectivity index (χ3n) is 2.45. The number of aromatic amines is 1. The van der Waals surface area contributed by atoms with Crippen molar-refractivity contribution >= 4 is 40.8 Å². The highest BCUT2D eigenvalue weighted by molar-refractivity contribution is 7.99. The lowest BCUT2D eigenvalue weighted by atomic mass is 10.3. The highest BCUT2D eigenvalue weighted by Crippen LogP contribution is 2.21. The van der Waals surface area contributed by atoms with Crippen LogP contribution in [0.3, 0.4) is 0 Å². The van der Waals surface area contributed by atoms with Crippen LogP contribution in [0.1, 0.15) is 5.56 Å². The molecule has 1 heterocycles. The Labute approximate surface area is 130 Å². The van der Waals surface area contributed by atoms with E-state index in [1.54, 1.807) is 24.3 Å². The van der Waals surface area contributed by atoms with E-state index in [4.69, 9.17) is 22.6 Å². The molecular weight excluding hydrogens is 310 g/mol. The molecule has 0 aliphatic carbocycles. The molecule has 0 radical (unpaired) electrons. The Kier molecular flexibility index (Phi) is 4.98. The van der Waals surface area contributed by atoms with Gasteiger partial charge in [0.25, 0.3) is 5.82 Å².